The average Bonchev–Trinajstić information content (AvgIpc) is 3.46. The third-order valence-corrected chi connectivity index (χ3v) is 8.95. The van der Waals surface area contributed by atoms with Gasteiger partial charge in [0, 0.05) is 0 Å². The monoisotopic (exact) mass is 608 g/mol. The molecule has 1 saturated carbocycles. The Hall–Kier alpha value is -3.36. The van der Waals surface area contributed by atoms with Gasteiger partial charge in [0.05, 0.1) is 12.9 Å². The van der Waals surface area contributed by atoms with Gasteiger partial charge in [0.15, 0.2) is 23.6 Å². The number of H-pyrrole nitrogens is 1. The Bertz CT molecular complexity index is 1510. The molecule has 5 N–H and O–H groups in total. The fourth-order valence-corrected chi connectivity index (χ4v) is 6.59. The van der Waals surface area contributed by atoms with Gasteiger partial charge in [-0.2, -0.15) is 10.1 Å². The molecule has 1 aliphatic heterocycles. The number of rotatable bonds is 10. The number of aromatic nitrogens is 4. The molecule has 5 rings (SSSR count). The van der Waals surface area contributed by atoms with Gasteiger partial charge in [0.25, 0.3) is 5.56 Å². The highest BCUT2D eigenvalue weighted by Gasteiger charge is 2.55. The van der Waals surface area contributed by atoms with Crippen molar-refractivity contribution < 1.29 is 37.4 Å². The summed E-state index contributed by atoms with van der Waals surface area (Å²) in [6, 6.07) is 7.03. The van der Waals surface area contributed by atoms with Crippen LogP contribution >= 0.6 is 7.75 Å². The maximum absolute atomic E-state index is 15.6. The highest BCUT2D eigenvalue weighted by molar-refractivity contribution is 7.52. The van der Waals surface area contributed by atoms with Crippen molar-refractivity contribution >= 4 is 30.8 Å². The number of hydrogen-bond acceptors (Lipinski definition) is 11. The highest BCUT2D eigenvalue weighted by atomic mass is 31.2. The van der Waals surface area contributed by atoms with Crippen molar-refractivity contribution in [1.29, 1.82) is 0 Å². The summed E-state index contributed by atoms with van der Waals surface area (Å²) in [5.41, 5.74) is 2.78. The Morgan fingerprint density at radius 3 is 2.76 bits per heavy atom. The zero-order chi connectivity index (χ0) is 30.1. The Morgan fingerprint density at radius 2 is 2.05 bits per heavy atom. The van der Waals surface area contributed by atoms with Crippen LogP contribution in [0.1, 0.15) is 52.2 Å². The molecule has 2 unspecified atom stereocenters. The van der Waals surface area contributed by atoms with Crippen molar-refractivity contribution in [3.63, 3.8) is 0 Å². The summed E-state index contributed by atoms with van der Waals surface area (Å²) in [6.07, 6.45) is 0.596. The fraction of sp³-hybridized carbons (Fsp3) is 0.538. The number of aromatic amines is 1. The number of para-hydroxylation sites is 1. The summed E-state index contributed by atoms with van der Waals surface area (Å²) >= 11 is 0. The van der Waals surface area contributed by atoms with E-state index < -0.39 is 56.0 Å². The van der Waals surface area contributed by atoms with Crippen molar-refractivity contribution in [3.05, 3.63) is 47.0 Å². The number of ether oxygens (including phenoxy) is 2. The molecule has 3 heterocycles. The SMILES string of the molecule is CC(NP(=O)(OC[C@H]1O[C@@H](n2cnc3c(=O)[nH]c(N)nc32)[C@](C)(O)[C@@H]1F)Oc1ccccc1)C(=O)OC1CCCCC1. The topological polar surface area (TPSA) is 193 Å². The molecule has 2 fully saturated rings. The first kappa shape index (κ1) is 30.1. The number of carbonyl (C=O) groups is 1. The van der Waals surface area contributed by atoms with Crippen molar-refractivity contribution in [2.45, 2.75) is 82.2 Å². The lowest BCUT2D eigenvalue weighted by atomic mass is 9.98. The summed E-state index contributed by atoms with van der Waals surface area (Å²) in [4.78, 5) is 35.3. The number of nitrogens with two attached hydrogens (primary N) is 1. The molecule has 1 aromatic carbocycles. The smallest absolute Gasteiger partial charge is 0.459 e. The number of alkyl halides is 1. The van der Waals surface area contributed by atoms with E-state index in [1.807, 2.05) is 0 Å². The first-order valence-corrected chi connectivity index (χ1v) is 15.2. The molecule has 1 aliphatic carbocycles. The molecule has 1 saturated heterocycles. The Labute approximate surface area is 240 Å². The number of benzene rings is 1. The molecular formula is C26H34FN6O8P. The molecule has 2 aromatic heterocycles. The number of anilines is 1. The quantitative estimate of drug-likeness (QED) is 0.195. The van der Waals surface area contributed by atoms with E-state index in [4.69, 9.17) is 24.3 Å². The Balaban J connectivity index is 1.32. The molecule has 2 aliphatic rings. The van der Waals surface area contributed by atoms with Crippen LogP contribution in [-0.2, 0) is 23.4 Å². The largest absolute Gasteiger partial charge is 0.461 e. The van der Waals surface area contributed by atoms with Crippen molar-refractivity contribution in [3.8, 4) is 5.75 Å². The summed E-state index contributed by atoms with van der Waals surface area (Å²) in [5.74, 6) is -0.654. The van der Waals surface area contributed by atoms with E-state index in [-0.39, 0.29) is 29.0 Å². The van der Waals surface area contributed by atoms with Crippen LogP contribution in [0, 0.1) is 0 Å². The summed E-state index contributed by atoms with van der Waals surface area (Å²) in [7, 11) is -4.33. The second-order valence-corrected chi connectivity index (χ2v) is 12.4. The minimum Gasteiger partial charge on any atom is -0.461 e. The van der Waals surface area contributed by atoms with Crippen LogP contribution < -0.4 is 20.9 Å². The summed E-state index contributed by atoms with van der Waals surface area (Å²) in [6.45, 7) is 2.02. The predicted octanol–water partition coefficient (Wildman–Crippen LogP) is 2.75. The van der Waals surface area contributed by atoms with Crippen LogP contribution in [0.15, 0.2) is 41.5 Å². The standard InChI is InChI=1S/C26H34FN6O8P/c1-15(23(35)39-16-9-5-3-6-10-16)32-42(37,41-17-11-7-4-8-12-17)38-13-18-20(27)26(2,36)24(40-18)33-14-29-19-21(33)30-25(28)31-22(19)34/h4,7-8,11-12,14-16,18,20,24,36H,3,5-6,9-10,13H2,1-2H3,(H,32,37)(H3,28,30,31,34)/t15?,18-,20-,24-,26-,42?/m1/s1. The van der Waals surface area contributed by atoms with Gasteiger partial charge >= 0.3 is 13.7 Å². The average molecular weight is 609 g/mol. The molecule has 3 aromatic rings. The number of nitrogens with zero attached hydrogens (tertiary/aromatic N) is 3. The number of carbonyl (C=O) groups excluding carboxylic acids is 1. The minimum absolute atomic E-state index is 0.0275. The minimum atomic E-state index is -4.33. The maximum Gasteiger partial charge on any atom is 0.459 e. The molecule has 0 amide bonds. The number of aliphatic hydroxyl groups is 1. The molecule has 0 radical (unpaired) electrons. The van der Waals surface area contributed by atoms with Crippen LogP contribution in [0.2, 0.25) is 0 Å². The van der Waals surface area contributed by atoms with Gasteiger partial charge in [-0.3, -0.25) is 23.7 Å². The van der Waals surface area contributed by atoms with Gasteiger partial charge in [0.2, 0.25) is 5.95 Å². The lowest BCUT2D eigenvalue weighted by Crippen LogP contribution is -2.42. The van der Waals surface area contributed by atoms with Crippen LogP contribution in [0.5, 0.6) is 5.75 Å². The molecule has 14 nitrogen and oxygen atoms in total. The first-order chi connectivity index (χ1) is 20.0. The van der Waals surface area contributed by atoms with Crippen LogP contribution in [0.25, 0.3) is 11.2 Å². The number of halogens is 1. The molecule has 6 atom stereocenters. The van der Waals surface area contributed by atoms with Crippen LogP contribution in [0.4, 0.5) is 10.3 Å². The van der Waals surface area contributed by atoms with E-state index in [9.17, 15) is 19.3 Å². The van der Waals surface area contributed by atoms with E-state index in [2.05, 4.69) is 20.0 Å². The number of esters is 1. The number of fused-ring (bicyclic) bond motifs is 1. The molecule has 0 bridgehead atoms. The lowest BCUT2D eigenvalue weighted by molar-refractivity contribution is -0.152. The van der Waals surface area contributed by atoms with Gasteiger partial charge in [0.1, 0.15) is 29.6 Å². The van der Waals surface area contributed by atoms with E-state index in [0.717, 1.165) is 32.1 Å². The molecule has 0 spiro atoms. The molecule has 228 valence electrons. The van der Waals surface area contributed by atoms with Crippen molar-refractivity contribution in [2.24, 2.45) is 0 Å². The van der Waals surface area contributed by atoms with Crippen molar-refractivity contribution in [1.82, 2.24) is 24.6 Å². The number of hydrogen-bond donors (Lipinski definition) is 4. The Kier molecular flexibility index (Phi) is 8.67. The van der Waals surface area contributed by atoms with E-state index >= 15 is 4.39 Å². The zero-order valence-electron chi connectivity index (χ0n) is 23.1. The zero-order valence-corrected chi connectivity index (χ0v) is 24.0. The molecule has 16 heteroatoms. The summed E-state index contributed by atoms with van der Waals surface area (Å²) < 4.78 is 53.3. The van der Waals surface area contributed by atoms with E-state index in [1.165, 1.54) is 36.9 Å². The molecule has 42 heavy (non-hydrogen) atoms. The van der Waals surface area contributed by atoms with Gasteiger partial charge in [-0.05, 0) is 51.7 Å². The second kappa shape index (κ2) is 12.1. The first-order valence-electron chi connectivity index (χ1n) is 13.7. The van der Waals surface area contributed by atoms with Gasteiger partial charge < -0.3 is 24.8 Å². The maximum atomic E-state index is 15.6. The third-order valence-electron chi connectivity index (χ3n) is 7.31. The number of nitrogen functional groups attached to an aromatic ring is 1. The lowest BCUT2D eigenvalue weighted by Gasteiger charge is -2.27. The summed E-state index contributed by atoms with van der Waals surface area (Å²) in [5, 5.41) is 13.7. The second-order valence-electron chi connectivity index (χ2n) is 10.7. The fourth-order valence-electron chi connectivity index (χ4n) is 5.09. The highest BCUT2D eigenvalue weighted by Crippen LogP contribution is 2.47. The van der Waals surface area contributed by atoms with Gasteiger partial charge in [-0.1, -0.05) is 24.6 Å². The third kappa shape index (κ3) is 6.35. The number of nitrogens with one attached hydrogen (secondary N) is 2. The van der Waals surface area contributed by atoms with Gasteiger partial charge in [-0.15, -0.1) is 0 Å². The van der Waals surface area contributed by atoms with Crippen LogP contribution in [0.3, 0.4) is 0 Å². The van der Waals surface area contributed by atoms with E-state index in [0.29, 0.717) is 0 Å². The molecular weight excluding hydrogens is 574 g/mol. The Morgan fingerprint density at radius 1 is 1.33 bits per heavy atom. The number of imidazole rings is 1. The normalized spacial score (nSPS) is 27.0. The van der Waals surface area contributed by atoms with Crippen LogP contribution in [-0.4, -0.2) is 67.2 Å². The van der Waals surface area contributed by atoms with Crippen molar-refractivity contribution in [2.75, 3.05) is 12.3 Å². The van der Waals surface area contributed by atoms with E-state index in [1.54, 1.807) is 18.2 Å². The van der Waals surface area contributed by atoms with Gasteiger partial charge in [-0.25, -0.2) is 13.9 Å². The predicted molar refractivity (Wildman–Crippen MR) is 148 cm³/mol.